The number of amides is 1. The van der Waals surface area contributed by atoms with Crippen molar-refractivity contribution in [3.63, 3.8) is 0 Å². The second-order valence-electron chi connectivity index (χ2n) is 8.36. The van der Waals surface area contributed by atoms with E-state index in [4.69, 9.17) is 0 Å². The molecule has 0 atom stereocenters. The molecule has 0 unspecified atom stereocenters. The molecule has 4 aromatic rings. The molecule has 0 bridgehead atoms. The Balaban J connectivity index is 1.32. The average Bonchev–Trinajstić information content (AvgIpc) is 3.23. The first-order valence-corrected chi connectivity index (χ1v) is 10.9. The summed E-state index contributed by atoms with van der Waals surface area (Å²) in [6.07, 6.45) is 1.61. The van der Waals surface area contributed by atoms with Crippen molar-refractivity contribution in [2.24, 2.45) is 7.05 Å². The van der Waals surface area contributed by atoms with Crippen LogP contribution in [-0.2, 0) is 13.6 Å². The highest BCUT2D eigenvalue weighted by Crippen LogP contribution is 2.25. The molecule has 11 heteroatoms. The van der Waals surface area contributed by atoms with Crippen molar-refractivity contribution in [3.8, 4) is 0 Å². The fraction of sp³-hybridized carbons (Fsp3) is 0.304. The zero-order chi connectivity index (χ0) is 24.0. The smallest absolute Gasteiger partial charge is 0.269 e. The molecule has 0 radical (unpaired) electrons. The van der Waals surface area contributed by atoms with Crippen LogP contribution in [0.25, 0.3) is 21.8 Å². The summed E-state index contributed by atoms with van der Waals surface area (Å²) in [6, 6.07) is 6.13. The average molecular weight is 467 g/mol. The van der Waals surface area contributed by atoms with Crippen molar-refractivity contribution >= 4 is 33.4 Å². The molecule has 0 aliphatic carbocycles. The van der Waals surface area contributed by atoms with Crippen molar-refractivity contribution in [2.45, 2.75) is 6.54 Å². The molecule has 0 spiro atoms. The van der Waals surface area contributed by atoms with Crippen LogP contribution in [0.4, 0.5) is 14.5 Å². The summed E-state index contributed by atoms with van der Waals surface area (Å²) in [7, 11) is 3.18. The number of nitrogens with zero attached hydrogens (tertiary/aromatic N) is 5. The molecule has 1 fully saturated rings. The Hall–Kier alpha value is -3.86. The third kappa shape index (κ3) is 3.87. The van der Waals surface area contributed by atoms with Crippen molar-refractivity contribution in [1.29, 1.82) is 0 Å². The second-order valence-corrected chi connectivity index (χ2v) is 8.36. The number of carbonyl (C=O) groups is 1. The summed E-state index contributed by atoms with van der Waals surface area (Å²) in [6.45, 7) is 2.58. The van der Waals surface area contributed by atoms with E-state index >= 15 is 0 Å². The van der Waals surface area contributed by atoms with Gasteiger partial charge in [0.2, 0.25) is 5.95 Å². The molecule has 1 aliphatic heterocycles. The normalized spacial score (nSPS) is 14.8. The number of carbonyl (C=O) groups excluding carboxylic acids is 1. The molecule has 5 rings (SSSR count). The van der Waals surface area contributed by atoms with Gasteiger partial charge in [-0.1, -0.05) is 0 Å². The Morgan fingerprint density at radius 1 is 1.15 bits per heavy atom. The largest absolute Gasteiger partial charge is 0.365 e. The van der Waals surface area contributed by atoms with E-state index in [0.717, 1.165) is 0 Å². The Bertz CT molecular complexity index is 1470. The first-order valence-electron chi connectivity index (χ1n) is 10.9. The summed E-state index contributed by atoms with van der Waals surface area (Å²) in [5.74, 6) is -1.51. The van der Waals surface area contributed by atoms with Gasteiger partial charge in [0.25, 0.3) is 11.5 Å². The highest BCUT2D eigenvalue weighted by molar-refractivity contribution is 6.02. The minimum atomic E-state index is -0.695. The van der Waals surface area contributed by atoms with Crippen molar-refractivity contribution in [2.75, 3.05) is 38.1 Å². The maximum absolute atomic E-state index is 15.0. The summed E-state index contributed by atoms with van der Waals surface area (Å²) in [5.41, 5.74) is 1.57. The molecule has 3 aromatic heterocycles. The highest BCUT2D eigenvalue weighted by Gasteiger charge is 2.22. The molecule has 2 N–H and O–H groups in total. The number of hydrogen-bond acceptors (Lipinski definition) is 6. The molecule has 1 aliphatic rings. The lowest BCUT2D eigenvalue weighted by atomic mass is 10.1. The fourth-order valence-electron chi connectivity index (χ4n) is 4.39. The van der Waals surface area contributed by atoms with Gasteiger partial charge in [-0.3, -0.25) is 19.2 Å². The number of fused-ring (bicyclic) bond motifs is 3. The Labute approximate surface area is 193 Å². The first kappa shape index (κ1) is 22.0. The van der Waals surface area contributed by atoms with Gasteiger partial charge in [0.05, 0.1) is 16.6 Å². The van der Waals surface area contributed by atoms with Crippen LogP contribution in [0, 0.1) is 11.8 Å². The molecule has 1 saturated heterocycles. The summed E-state index contributed by atoms with van der Waals surface area (Å²) in [4.78, 5) is 34.5. The SMILES string of the molecule is CNC(=O)c1ccc(N2CCN(Cc3cc4[nH]c(=O)c5cn(C)nc5c4cc3F)CC2)c(F)n1. The second kappa shape index (κ2) is 8.49. The van der Waals surface area contributed by atoms with Gasteiger partial charge >= 0.3 is 0 Å². The van der Waals surface area contributed by atoms with Gasteiger partial charge in [0.15, 0.2) is 0 Å². The number of hydrogen-bond donors (Lipinski definition) is 2. The van der Waals surface area contributed by atoms with E-state index in [1.165, 1.54) is 23.9 Å². The van der Waals surface area contributed by atoms with Gasteiger partial charge in [-0.15, -0.1) is 0 Å². The van der Waals surface area contributed by atoms with Gasteiger partial charge in [0, 0.05) is 64.0 Å². The number of aryl methyl sites for hydroxylation is 1. The van der Waals surface area contributed by atoms with E-state index in [2.05, 4.69) is 25.3 Å². The third-order valence-corrected chi connectivity index (χ3v) is 6.16. The van der Waals surface area contributed by atoms with E-state index in [1.54, 1.807) is 25.4 Å². The Kier molecular flexibility index (Phi) is 5.48. The van der Waals surface area contributed by atoms with Gasteiger partial charge in [-0.25, -0.2) is 9.37 Å². The number of H-pyrrole nitrogens is 1. The summed E-state index contributed by atoms with van der Waals surface area (Å²) >= 11 is 0. The van der Waals surface area contributed by atoms with E-state index in [9.17, 15) is 18.4 Å². The molecule has 0 saturated carbocycles. The number of anilines is 1. The molecular weight excluding hydrogens is 444 g/mol. The van der Waals surface area contributed by atoms with Gasteiger partial charge in [-0.2, -0.15) is 9.49 Å². The minimum Gasteiger partial charge on any atom is -0.365 e. The lowest BCUT2D eigenvalue weighted by Gasteiger charge is -2.36. The van der Waals surface area contributed by atoms with Gasteiger partial charge in [0.1, 0.15) is 17.0 Å². The van der Waals surface area contributed by atoms with E-state index in [1.807, 2.05) is 4.90 Å². The third-order valence-electron chi connectivity index (χ3n) is 6.16. The predicted molar refractivity (Wildman–Crippen MR) is 124 cm³/mol. The zero-order valence-corrected chi connectivity index (χ0v) is 18.7. The Morgan fingerprint density at radius 3 is 2.62 bits per heavy atom. The summed E-state index contributed by atoms with van der Waals surface area (Å²) in [5, 5.41) is 7.71. The molecule has 34 heavy (non-hydrogen) atoms. The number of aromatic nitrogens is 4. The zero-order valence-electron chi connectivity index (χ0n) is 18.7. The van der Waals surface area contributed by atoms with Crippen LogP contribution in [0.3, 0.4) is 0 Å². The molecule has 1 amide bonds. The highest BCUT2D eigenvalue weighted by atomic mass is 19.1. The number of aromatic amines is 1. The van der Waals surface area contributed by atoms with Crippen LogP contribution in [-0.4, -0.2) is 63.8 Å². The number of halogens is 2. The number of benzene rings is 1. The van der Waals surface area contributed by atoms with Crippen molar-refractivity contribution < 1.29 is 13.6 Å². The van der Waals surface area contributed by atoms with Crippen molar-refractivity contribution in [3.05, 3.63) is 63.8 Å². The first-order chi connectivity index (χ1) is 16.3. The van der Waals surface area contributed by atoms with Crippen LogP contribution in [0.5, 0.6) is 0 Å². The monoisotopic (exact) mass is 467 g/mol. The maximum Gasteiger partial charge on any atom is 0.269 e. The topological polar surface area (TPSA) is 99.2 Å². The predicted octanol–water partition coefficient (Wildman–Crippen LogP) is 1.77. The number of pyridine rings is 2. The molecule has 4 heterocycles. The minimum absolute atomic E-state index is 0.0233. The fourth-order valence-corrected chi connectivity index (χ4v) is 4.39. The van der Waals surface area contributed by atoms with E-state index in [-0.39, 0.29) is 17.1 Å². The van der Waals surface area contributed by atoms with Crippen LogP contribution >= 0.6 is 0 Å². The number of rotatable bonds is 4. The van der Waals surface area contributed by atoms with Crippen LogP contribution in [0.1, 0.15) is 16.1 Å². The Morgan fingerprint density at radius 2 is 1.91 bits per heavy atom. The standard InChI is InChI=1S/C23H23F2N7O2/c1-26-23(34)17-3-4-19(21(25)27-17)32-7-5-31(6-8-32)11-13-9-18-14(10-16(13)24)20-15(22(33)28-18)12-30(2)29-20/h3-4,9-10,12H,5-8,11H2,1-2H3,(H,26,34)(H,28,33). The van der Waals surface area contributed by atoms with Crippen LogP contribution in [0.15, 0.2) is 35.3 Å². The molecule has 1 aromatic carbocycles. The van der Waals surface area contributed by atoms with E-state index < -0.39 is 11.9 Å². The van der Waals surface area contributed by atoms with Gasteiger partial charge < -0.3 is 15.2 Å². The van der Waals surface area contributed by atoms with E-state index in [0.29, 0.717) is 65.8 Å². The van der Waals surface area contributed by atoms with Crippen LogP contribution < -0.4 is 15.8 Å². The molecular formula is C23H23F2N7O2. The molecule has 176 valence electrons. The van der Waals surface area contributed by atoms with Crippen molar-refractivity contribution in [1.82, 2.24) is 30.0 Å². The summed E-state index contributed by atoms with van der Waals surface area (Å²) < 4.78 is 31.0. The number of nitrogens with one attached hydrogen (secondary N) is 2. The quantitative estimate of drug-likeness (QED) is 0.444. The van der Waals surface area contributed by atoms with Gasteiger partial charge in [-0.05, 0) is 24.3 Å². The lowest BCUT2D eigenvalue weighted by Crippen LogP contribution is -2.46. The lowest BCUT2D eigenvalue weighted by molar-refractivity contribution is 0.0957. The van der Waals surface area contributed by atoms with Crippen LogP contribution in [0.2, 0.25) is 0 Å². The number of piperazine rings is 1. The molecule has 9 nitrogen and oxygen atoms in total. The maximum atomic E-state index is 15.0.